The Morgan fingerprint density at radius 3 is 1.79 bits per heavy atom. The summed E-state index contributed by atoms with van der Waals surface area (Å²) < 4.78 is 0. The molecule has 1 heterocycles. The van der Waals surface area contributed by atoms with Crippen molar-refractivity contribution in [3.63, 3.8) is 0 Å². The molecule has 0 bridgehead atoms. The number of allylic oxidation sites excluding steroid dienone is 15. The van der Waals surface area contributed by atoms with Gasteiger partial charge >= 0.3 is 0 Å². The lowest BCUT2D eigenvalue weighted by Gasteiger charge is -1.91. The molecule has 1 aliphatic heterocycles. The molecule has 0 aromatic carbocycles. The maximum atomic E-state index is 11.7. The van der Waals surface area contributed by atoms with E-state index in [1.807, 2.05) is 60.8 Å². The summed E-state index contributed by atoms with van der Waals surface area (Å²) in [5.74, 6) is -2.07. The van der Waals surface area contributed by atoms with Crippen LogP contribution in [0.25, 0.3) is 0 Å². The highest BCUT2D eigenvalue weighted by Crippen LogP contribution is 1.97. The van der Waals surface area contributed by atoms with Crippen molar-refractivity contribution in [3.05, 3.63) is 97.2 Å². The van der Waals surface area contributed by atoms with Gasteiger partial charge in [0.25, 0.3) is 11.8 Å². The van der Waals surface area contributed by atoms with Crippen molar-refractivity contribution < 1.29 is 19.2 Å². The van der Waals surface area contributed by atoms with E-state index in [2.05, 4.69) is 15.0 Å². The van der Waals surface area contributed by atoms with Crippen molar-refractivity contribution in [2.75, 3.05) is 6.54 Å². The van der Waals surface area contributed by atoms with Crippen LogP contribution in [-0.4, -0.2) is 48.6 Å². The van der Waals surface area contributed by atoms with Crippen LogP contribution in [0.2, 0.25) is 0 Å². The molecule has 1 rings (SSSR count). The Labute approximate surface area is 199 Å². The van der Waals surface area contributed by atoms with Gasteiger partial charge in [-0.2, -0.15) is 0 Å². The summed E-state index contributed by atoms with van der Waals surface area (Å²) in [6.07, 6.45) is 32.4. The predicted molar refractivity (Wildman–Crippen MR) is 137 cm³/mol. The number of aliphatic imine (C=N–C) groups is 3. The van der Waals surface area contributed by atoms with Crippen LogP contribution in [0.1, 0.15) is 19.3 Å². The fraction of sp³-hybridized carbons (Fsp3) is 0.148. The van der Waals surface area contributed by atoms with E-state index in [0.717, 1.165) is 18.6 Å². The average Bonchev–Trinajstić information content (AvgIpc) is 2.82. The third-order valence-corrected chi connectivity index (χ3v) is 3.75. The smallest absolute Gasteiger partial charge is 0.288 e. The second-order valence-electron chi connectivity index (χ2n) is 6.56. The van der Waals surface area contributed by atoms with E-state index in [4.69, 9.17) is 0 Å². The zero-order chi connectivity index (χ0) is 24.7. The largest absolute Gasteiger partial charge is 0.293 e. The van der Waals surface area contributed by atoms with Crippen molar-refractivity contribution in [3.8, 4) is 0 Å². The summed E-state index contributed by atoms with van der Waals surface area (Å²) in [4.78, 5) is 57.2. The van der Waals surface area contributed by atoms with E-state index >= 15 is 0 Å². The van der Waals surface area contributed by atoms with E-state index in [1.54, 1.807) is 18.2 Å². The van der Waals surface area contributed by atoms with Crippen LogP contribution in [0.15, 0.2) is 112 Å². The van der Waals surface area contributed by atoms with Crippen molar-refractivity contribution in [1.82, 2.24) is 0 Å². The standard InChI is InChI=1S/C27H27N3O4/c31-24-17-14-12-10-8-6-4-2-1-3-5-7-9-11-13-15-18-25(32)21-29-27(34)23-30-26(33)22-28-20-16-19-24/h1-12,14,16-17,19,21-23H,13,15,18,20H2. The number of Topliss-reactive ketones (excluding diaryl/α,β-unsaturated/α-hetero) is 1. The number of hydrogen-bond acceptors (Lipinski definition) is 5. The summed E-state index contributed by atoms with van der Waals surface area (Å²) in [5, 5.41) is 0. The normalized spacial score (nSPS) is 17.6. The third kappa shape index (κ3) is 17.3. The van der Waals surface area contributed by atoms with Crippen LogP contribution >= 0.6 is 0 Å². The Morgan fingerprint density at radius 1 is 0.559 bits per heavy atom. The molecule has 0 aromatic rings. The molecule has 0 atom stereocenters. The highest BCUT2D eigenvalue weighted by molar-refractivity contribution is 6.38. The summed E-state index contributed by atoms with van der Waals surface area (Å²) in [5.41, 5.74) is 0. The zero-order valence-electron chi connectivity index (χ0n) is 18.8. The first-order chi connectivity index (χ1) is 16.6. The molecule has 0 unspecified atom stereocenters. The molecule has 7 heteroatoms. The quantitative estimate of drug-likeness (QED) is 0.548. The summed E-state index contributed by atoms with van der Waals surface area (Å²) >= 11 is 0. The molecule has 0 saturated heterocycles. The predicted octanol–water partition coefficient (Wildman–Crippen LogP) is 4.02. The summed E-state index contributed by atoms with van der Waals surface area (Å²) in [6.45, 7) is 0.103. The molecule has 0 N–H and O–H groups in total. The Morgan fingerprint density at radius 2 is 1.12 bits per heavy atom. The van der Waals surface area contributed by atoms with Gasteiger partial charge in [0.15, 0.2) is 11.6 Å². The van der Waals surface area contributed by atoms with E-state index in [-0.39, 0.29) is 24.5 Å². The number of amides is 2. The van der Waals surface area contributed by atoms with E-state index < -0.39 is 11.8 Å². The number of rotatable bonds is 0. The zero-order valence-corrected chi connectivity index (χ0v) is 18.8. The third-order valence-electron chi connectivity index (χ3n) is 3.75. The lowest BCUT2D eigenvalue weighted by Crippen LogP contribution is -2.05. The van der Waals surface area contributed by atoms with Gasteiger partial charge in [-0.25, -0.2) is 9.98 Å². The molecule has 7 nitrogen and oxygen atoms in total. The first-order valence-electron chi connectivity index (χ1n) is 10.6. The van der Waals surface area contributed by atoms with Crippen LogP contribution in [-0.2, 0) is 19.2 Å². The highest BCUT2D eigenvalue weighted by Gasteiger charge is 1.99. The molecule has 0 radical (unpaired) electrons. The molecular formula is C27H27N3O4. The Hall–Kier alpha value is -4.39. The Bertz CT molecular complexity index is 1030. The second kappa shape index (κ2) is 19.3. The molecule has 2 amide bonds. The number of nitrogens with zero attached hydrogens (tertiary/aromatic N) is 3. The molecule has 0 aliphatic carbocycles. The van der Waals surface area contributed by atoms with E-state index in [0.29, 0.717) is 12.8 Å². The van der Waals surface area contributed by atoms with Crippen LogP contribution < -0.4 is 0 Å². The molecule has 0 fully saturated rings. The fourth-order valence-electron chi connectivity index (χ4n) is 2.16. The lowest BCUT2D eigenvalue weighted by molar-refractivity contribution is -0.114. The van der Waals surface area contributed by atoms with Gasteiger partial charge in [0.05, 0.1) is 25.2 Å². The van der Waals surface area contributed by atoms with Gasteiger partial charge in [-0.15, -0.1) is 0 Å². The van der Waals surface area contributed by atoms with Crippen LogP contribution in [0.5, 0.6) is 0 Å². The molecular weight excluding hydrogens is 430 g/mol. The Balaban J connectivity index is 2.75. The van der Waals surface area contributed by atoms with Gasteiger partial charge in [-0.3, -0.25) is 24.2 Å². The maximum Gasteiger partial charge on any atom is 0.288 e. The minimum atomic E-state index is -0.815. The van der Waals surface area contributed by atoms with Crippen molar-refractivity contribution in [2.24, 2.45) is 15.0 Å². The SMILES string of the molecule is O=C1C=CC=CC=CC=CC=CC=CC=CCCCC(=O)C=NC(=O)C=NC(=O)C=NCC=C1. The lowest BCUT2D eigenvalue weighted by atomic mass is 10.2. The highest BCUT2D eigenvalue weighted by atomic mass is 16.2. The molecule has 1 aliphatic rings. The average molecular weight is 458 g/mol. The molecule has 174 valence electrons. The van der Waals surface area contributed by atoms with Crippen LogP contribution in [0, 0.1) is 0 Å². The minimum Gasteiger partial charge on any atom is -0.293 e. The van der Waals surface area contributed by atoms with Crippen molar-refractivity contribution in [2.45, 2.75) is 19.3 Å². The molecule has 0 saturated carbocycles. The molecule has 34 heavy (non-hydrogen) atoms. The van der Waals surface area contributed by atoms with E-state index in [9.17, 15) is 19.2 Å². The van der Waals surface area contributed by atoms with Gasteiger partial charge in [0.1, 0.15) is 0 Å². The Kier molecular flexibility index (Phi) is 15.7. The molecule has 0 aromatic heterocycles. The van der Waals surface area contributed by atoms with Gasteiger partial charge in [0.2, 0.25) is 0 Å². The monoisotopic (exact) mass is 457 g/mol. The molecule has 0 spiro atoms. The number of carbonyl (C=O) groups is 4. The van der Waals surface area contributed by atoms with E-state index in [1.165, 1.54) is 18.2 Å². The van der Waals surface area contributed by atoms with Gasteiger partial charge < -0.3 is 0 Å². The van der Waals surface area contributed by atoms with Crippen molar-refractivity contribution >= 4 is 42.0 Å². The topological polar surface area (TPSA) is 105 Å². The number of hydrogen-bond donors (Lipinski definition) is 0. The second-order valence-corrected chi connectivity index (χ2v) is 6.56. The van der Waals surface area contributed by atoms with Gasteiger partial charge in [-0.1, -0.05) is 85.1 Å². The van der Waals surface area contributed by atoms with Gasteiger partial charge in [0, 0.05) is 6.42 Å². The van der Waals surface area contributed by atoms with Crippen LogP contribution in [0.4, 0.5) is 0 Å². The maximum absolute atomic E-state index is 11.7. The number of carbonyl (C=O) groups excluding carboxylic acids is 4. The summed E-state index contributed by atoms with van der Waals surface area (Å²) in [7, 11) is 0. The number of ketones is 2. The van der Waals surface area contributed by atoms with Gasteiger partial charge in [-0.05, 0) is 25.0 Å². The minimum absolute atomic E-state index is 0.103. The fourth-order valence-corrected chi connectivity index (χ4v) is 2.16. The van der Waals surface area contributed by atoms with Crippen molar-refractivity contribution in [1.29, 1.82) is 0 Å². The first kappa shape index (κ1) is 27.6. The summed E-state index contributed by atoms with van der Waals surface area (Å²) in [6, 6.07) is 0. The first-order valence-corrected chi connectivity index (χ1v) is 10.6. The van der Waals surface area contributed by atoms with Crippen LogP contribution in [0.3, 0.4) is 0 Å².